The van der Waals surface area contributed by atoms with Crippen molar-refractivity contribution in [3.8, 4) is 11.1 Å². The Kier molecular flexibility index (Phi) is 4.45. The van der Waals surface area contributed by atoms with Crippen LogP contribution in [0.3, 0.4) is 0 Å². The Bertz CT molecular complexity index is 1090. The molecule has 0 saturated carbocycles. The van der Waals surface area contributed by atoms with Gasteiger partial charge in [0.25, 0.3) is 5.91 Å². The minimum absolute atomic E-state index is 0.00224. The molecule has 1 saturated heterocycles. The fourth-order valence-electron chi connectivity index (χ4n) is 4.20. The van der Waals surface area contributed by atoms with Gasteiger partial charge in [-0.3, -0.25) is 19.5 Å². The molecule has 144 valence electrons. The van der Waals surface area contributed by atoms with E-state index < -0.39 is 0 Å². The number of rotatable bonds is 3. The van der Waals surface area contributed by atoms with E-state index in [1.807, 2.05) is 53.6 Å². The Morgan fingerprint density at radius 1 is 0.862 bits per heavy atom. The van der Waals surface area contributed by atoms with E-state index in [0.29, 0.717) is 24.2 Å². The summed E-state index contributed by atoms with van der Waals surface area (Å²) in [6, 6.07) is 17.2. The molecule has 1 aromatic heterocycles. The van der Waals surface area contributed by atoms with Gasteiger partial charge >= 0.3 is 0 Å². The zero-order valence-corrected chi connectivity index (χ0v) is 16.0. The van der Waals surface area contributed by atoms with Gasteiger partial charge in [0, 0.05) is 61.8 Å². The number of fused-ring (bicyclic) bond motifs is 3. The minimum Gasteiger partial charge on any atom is -0.336 e. The molecule has 1 aliphatic heterocycles. The number of aromatic nitrogens is 1. The number of amides is 1. The summed E-state index contributed by atoms with van der Waals surface area (Å²) in [5.41, 5.74) is 5.00. The maximum absolute atomic E-state index is 13.0. The molecule has 5 heteroatoms. The number of benzene rings is 2. The van der Waals surface area contributed by atoms with Gasteiger partial charge in [-0.05, 0) is 34.9 Å². The van der Waals surface area contributed by atoms with Crippen molar-refractivity contribution in [3.05, 3.63) is 89.2 Å². The molecule has 2 aromatic carbocycles. The van der Waals surface area contributed by atoms with Gasteiger partial charge in [0.15, 0.2) is 5.78 Å². The highest BCUT2D eigenvalue weighted by atomic mass is 16.2. The van der Waals surface area contributed by atoms with Crippen LogP contribution in [-0.4, -0.2) is 52.7 Å². The van der Waals surface area contributed by atoms with Gasteiger partial charge in [0.05, 0.1) is 0 Å². The van der Waals surface area contributed by atoms with Gasteiger partial charge in [0.2, 0.25) is 0 Å². The molecule has 2 aliphatic rings. The van der Waals surface area contributed by atoms with Crippen molar-refractivity contribution in [2.24, 2.45) is 0 Å². The molecule has 2 heterocycles. The topological polar surface area (TPSA) is 53.5 Å². The number of piperazine rings is 1. The molecule has 3 aromatic rings. The smallest absolute Gasteiger partial charge is 0.253 e. The van der Waals surface area contributed by atoms with E-state index >= 15 is 0 Å². The predicted molar refractivity (Wildman–Crippen MR) is 111 cm³/mol. The van der Waals surface area contributed by atoms with E-state index in [-0.39, 0.29) is 11.7 Å². The van der Waals surface area contributed by atoms with E-state index in [0.717, 1.165) is 36.3 Å². The zero-order valence-electron chi connectivity index (χ0n) is 16.0. The molecule has 5 nitrogen and oxygen atoms in total. The molecule has 0 bridgehead atoms. The highest BCUT2D eigenvalue weighted by molar-refractivity contribution is 6.22. The van der Waals surface area contributed by atoms with Crippen molar-refractivity contribution in [1.82, 2.24) is 14.8 Å². The summed E-state index contributed by atoms with van der Waals surface area (Å²) in [5, 5.41) is 0. The van der Waals surface area contributed by atoms with Gasteiger partial charge < -0.3 is 4.90 Å². The third-order valence-electron chi connectivity index (χ3n) is 5.76. The molecule has 0 unspecified atom stereocenters. The number of hydrogen-bond donors (Lipinski definition) is 0. The van der Waals surface area contributed by atoms with Crippen molar-refractivity contribution < 1.29 is 9.59 Å². The lowest BCUT2D eigenvalue weighted by molar-refractivity contribution is 0.0628. The second-order valence-corrected chi connectivity index (χ2v) is 7.56. The van der Waals surface area contributed by atoms with Gasteiger partial charge in [-0.1, -0.05) is 36.4 Å². The summed E-state index contributed by atoms with van der Waals surface area (Å²) in [7, 11) is 0. The van der Waals surface area contributed by atoms with Crippen molar-refractivity contribution in [2.75, 3.05) is 26.2 Å². The summed E-state index contributed by atoms with van der Waals surface area (Å²) in [4.78, 5) is 34.1. The first kappa shape index (κ1) is 17.8. The molecular weight excluding hydrogens is 362 g/mol. The maximum Gasteiger partial charge on any atom is 0.253 e. The van der Waals surface area contributed by atoms with Crippen LogP contribution in [0.2, 0.25) is 0 Å². The van der Waals surface area contributed by atoms with Gasteiger partial charge in [0.1, 0.15) is 0 Å². The molecule has 5 rings (SSSR count). The van der Waals surface area contributed by atoms with Crippen molar-refractivity contribution >= 4 is 11.7 Å². The second-order valence-electron chi connectivity index (χ2n) is 7.56. The zero-order chi connectivity index (χ0) is 19.8. The van der Waals surface area contributed by atoms with Crippen LogP contribution in [0.4, 0.5) is 0 Å². The van der Waals surface area contributed by atoms with Crippen LogP contribution in [0.25, 0.3) is 11.1 Å². The van der Waals surface area contributed by atoms with Crippen LogP contribution in [0.15, 0.2) is 67.0 Å². The number of carbonyl (C=O) groups is 2. The van der Waals surface area contributed by atoms with Gasteiger partial charge in [-0.25, -0.2) is 0 Å². The van der Waals surface area contributed by atoms with Gasteiger partial charge in [-0.15, -0.1) is 0 Å². The first-order valence-corrected chi connectivity index (χ1v) is 9.89. The Hall–Kier alpha value is -3.31. The van der Waals surface area contributed by atoms with Crippen LogP contribution < -0.4 is 0 Å². The molecule has 0 atom stereocenters. The summed E-state index contributed by atoms with van der Waals surface area (Å²) < 4.78 is 0. The van der Waals surface area contributed by atoms with Crippen LogP contribution in [-0.2, 0) is 6.54 Å². The Labute approximate surface area is 169 Å². The normalized spacial score (nSPS) is 15.9. The maximum atomic E-state index is 13.0. The third kappa shape index (κ3) is 3.23. The van der Waals surface area contributed by atoms with Crippen LogP contribution >= 0.6 is 0 Å². The molecular formula is C24H21N3O2. The average molecular weight is 383 g/mol. The lowest BCUT2D eigenvalue weighted by Gasteiger charge is -2.34. The monoisotopic (exact) mass is 383 g/mol. The molecule has 29 heavy (non-hydrogen) atoms. The first-order chi connectivity index (χ1) is 14.2. The lowest BCUT2D eigenvalue weighted by atomic mass is 10.0. The number of ketones is 1. The Balaban J connectivity index is 1.28. The van der Waals surface area contributed by atoms with E-state index in [9.17, 15) is 9.59 Å². The first-order valence-electron chi connectivity index (χ1n) is 9.89. The van der Waals surface area contributed by atoms with E-state index in [1.165, 1.54) is 5.56 Å². The quantitative estimate of drug-likeness (QED) is 0.545. The largest absolute Gasteiger partial charge is 0.336 e. The number of pyridine rings is 1. The summed E-state index contributed by atoms with van der Waals surface area (Å²) >= 11 is 0. The number of nitrogens with zero attached hydrogens (tertiary/aromatic N) is 3. The van der Waals surface area contributed by atoms with Crippen LogP contribution in [0.1, 0.15) is 31.8 Å². The summed E-state index contributed by atoms with van der Waals surface area (Å²) in [6.45, 7) is 3.88. The Morgan fingerprint density at radius 2 is 1.62 bits per heavy atom. The van der Waals surface area contributed by atoms with E-state index in [2.05, 4.69) is 16.0 Å². The third-order valence-corrected chi connectivity index (χ3v) is 5.76. The van der Waals surface area contributed by atoms with Gasteiger partial charge in [-0.2, -0.15) is 0 Å². The SMILES string of the molecule is O=C1c2ccccc2-c2ccc(C(=O)N3CCN(Cc4cccnc4)CC3)cc21. The predicted octanol–water partition coefficient (Wildman–Crippen LogP) is 3.25. The fourth-order valence-corrected chi connectivity index (χ4v) is 4.20. The molecule has 1 amide bonds. The number of hydrogen-bond acceptors (Lipinski definition) is 4. The highest BCUT2D eigenvalue weighted by Gasteiger charge is 2.28. The highest BCUT2D eigenvalue weighted by Crippen LogP contribution is 2.36. The van der Waals surface area contributed by atoms with Crippen molar-refractivity contribution in [1.29, 1.82) is 0 Å². The second kappa shape index (κ2) is 7.26. The van der Waals surface area contributed by atoms with Crippen LogP contribution in [0.5, 0.6) is 0 Å². The summed E-state index contributed by atoms with van der Waals surface area (Å²) in [5.74, 6) is 0.00382. The minimum atomic E-state index is -0.00224. The van der Waals surface area contributed by atoms with Crippen molar-refractivity contribution in [2.45, 2.75) is 6.54 Å². The lowest BCUT2D eigenvalue weighted by Crippen LogP contribution is -2.48. The van der Waals surface area contributed by atoms with E-state index in [1.54, 1.807) is 12.3 Å². The van der Waals surface area contributed by atoms with E-state index in [4.69, 9.17) is 0 Å². The fraction of sp³-hybridized carbons (Fsp3) is 0.208. The molecule has 0 N–H and O–H groups in total. The molecule has 0 spiro atoms. The average Bonchev–Trinajstić information content (AvgIpc) is 3.06. The number of carbonyl (C=O) groups excluding carboxylic acids is 2. The molecule has 1 aliphatic carbocycles. The summed E-state index contributed by atoms with van der Waals surface area (Å²) in [6.07, 6.45) is 3.66. The Morgan fingerprint density at radius 3 is 2.38 bits per heavy atom. The van der Waals surface area contributed by atoms with Crippen molar-refractivity contribution in [3.63, 3.8) is 0 Å². The molecule has 1 fully saturated rings. The van der Waals surface area contributed by atoms with Crippen LogP contribution in [0, 0.1) is 0 Å². The molecule has 0 radical (unpaired) electrons. The standard InChI is InChI=1S/C24H21N3O2/c28-23-21-6-2-1-5-19(21)20-8-7-18(14-22(20)23)24(29)27-12-10-26(11-13-27)16-17-4-3-9-25-15-17/h1-9,14-15H,10-13,16H2.